The molecule has 0 aliphatic heterocycles. The summed E-state index contributed by atoms with van der Waals surface area (Å²) < 4.78 is 7.23. The first-order valence-corrected chi connectivity index (χ1v) is 9.40. The first kappa shape index (κ1) is 20.1. The van der Waals surface area contributed by atoms with Gasteiger partial charge in [0.2, 0.25) is 0 Å². The predicted molar refractivity (Wildman–Crippen MR) is 110 cm³/mol. The lowest BCUT2D eigenvalue weighted by atomic mass is 10.1. The number of aromatic nitrogens is 2. The van der Waals surface area contributed by atoms with Crippen molar-refractivity contribution in [3.05, 3.63) is 83.5 Å². The zero-order valence-electron chi connectivity index (χ0n) is 16.5. The van der Waals surface area contributed by atoms with Gasteiger partial charge in [0.05, 0.1) is 12.6 Å². The van der Waals surface area contributed by atoms with E-state index in [-0.39, 0.29) is 17.5 Å². The van der Waals surface area contributed by atoms with E-state index in [1.165, 1.54) is 12.3 Å². The molecule has 2 N–H and O–H groups in total. The Bertz CT molecular complexity index is 989. The van der Waals surface area contributed by atoms with Gasteiger partial charge in [-0.1, -0.05) is 6.07 Å². The van der Waals surface area contributed by atoms with Gasteiger partial charge in [0.15, 0.2) is 0 Å². The zero-order chi connectivity index (χ0) is 20.6. The van der Waals surface area contributed by atoms with E-state index in [1.807, 2.05) is 30.7 Å². The predicted octanol–water partition coefficient (Wildman–Crippen LogP) is 3.07. The van der Waals surface area contributed by atoms with E-state index in [9.17, 15) is 9.59 Å². The molecule has 0 radical (unpaired) electrons. The van der Waals surface area contributed by atoms with E-state index < -0.39 is 0 Å². The molecule has 0 fully saturated rings. The van der Waals surface area contributed by atoms with E-state index in [2.05, 4.69) is 15.6 Å². The number of benzene rings is 1. The molecule has 0 atom stereocenters. The number of imidazole rings is 1. The summed E-state index contributed by atoms with van der Waals surface area (Å²) >= 11 is 0. The minimum Gasteiger partial charge on any atom is -0.465 e. The highest BCUT2D eigenvalue weighted by molar-refractivity contribution is 6.05. The van der Waals surface area contributed by atoms with Gasteiger partial charge in [-0.15, -0.1) is 0 Å². The summed E-state index contributed by atoms with van der Waals surface area (Å²) in [6.07, 6.45) is 9.08. The van der Waals surface area contributed by atoms with Crippen LogP contribution >= 0.6 is 0 Å². The summed E-state index contributed by atoms with van der Waals surface area (Å²) in [7, 11) is 0. The summed E-state index contributed by atoms with van der Waals surface area (Å²) in [5, 5.41) is 5.55. The average Bonchev–Trinajstić information content (AvgIpc) is 3.40. The summed E-state index contributed by atoms with van der Waals surface area (Å²) in [6.45, 7) is 5.13. The molecule has 2 amide bonds. The second-order valence-corrected chi connectivity index (χ2v) is 6.74. The molecule has 29 heavy (non-hydrogen) atoms. The van der Waals surface area contributed by atoms with Crippen molar-refractivity contribution >= 4 is 17.9 Å². The van der Waals surface area contributed by atoms with Gasteiger partial charge in [0.25, 0.3) is 11.8 Å². The molecule has 0 aliphatic carbocycles. The summed E-state index contributed by atoms with van der Waals surface area (Å²) in [5.74, 6) is -0.238. The van der Waals surface area contributed by atoms with Gasteiger partial charge in [-0.05, 0) is 55.7 Å². The van der Waals surface area contributed by atoms with E-state index in [1.54, 1.807) is 36.8 Å². The molecular weight excluding hydrogens is 368 g/mol. The van der Waals surface area contributed by atoms with Crippen LogP contribution < -0.4 is 10.6 Å². The van der Waals surface area contributed by atoms with Gasteiger partial charge in [-0.3, -0.25) is 9.59 Å². The highest BCUT2D eigenvalue weighted by Gasteiger charge is 2.15. The lowest BCUT2D eigenvalue weighted by Crippen LogP contribution is -2.35. The normalized spacial score (nSPS) is 11.3. The number of hydrogen-bond donors (Lipinski definition) is 2. The topological polar surface area (TPSA) is 89.2 Å². The van der Waals surface area contributed by atoms with Crippen molar-refractivity contribution in [3.8, 4) is 0 Å². The van der Waals surface area contributed by atoms with Crippen molar-refractivity contribution in [1.82, 2.24) is 20.2 Å². The molecule has 0 unspecified atom stereocenters. The molecule has 2 aromatic heterocycles. The molecule has 3 rings (SSSR count). The first-order chi connectivity index (χ1) is 14.0. The maximum atomic E-state index is 12.7. The molecule has 2 heterocycles. The Morgan fingerprint density at radius 2 is 2.07 bits per heavy atom. The van der Waals surface area contributed by atoms with E-state index >= 15 is 0 Å². The maximum Gasteiger partial charge on any atom is 0.267 e. The first-order valence-electron chi connectivity index (χ1n) is 9.40. The van der Waals surface area contributed by atoms with Crippen molar-refractivity contribution in [1.29, 1.82) is 0 Å². The van der Waals surface area contributed by atoms with Crippen LogP contribution in [-0.2, 0) is 11.3 Å². The molecule has 0 aliphatic rings. The van der Waals surface area contributed by atoms with Crippen LogP contribution in [0.4, 0.5) is 0 Å². The number of amides is 2. The quantitative estimate of drug-likeness (QED) is 0.455. The van der Waals surface area contributed by atoms with Crippen molar-refractivity contribution in [3.63, 3.8) is 0 Å². The number of furan rings is 1. The minimum atomic E-state index is -0.371. The number of hydrogen-bond acceptors (Lipinski definition) is 4. The SMILES string of the molecule is Cc1ccc(C(=O)NC(=Cc2ccco2)C(=O)NCCCn2ccnc2)cc1C. The van der Waals surface area contributed by atoms with Gasteiger partial charge < -0.3 is 19.6 Å². The third kappa shape index (κ3) is 5.68. The number of aryl methyl sites for hydroxylation is 3. The number of carbonyl (C=O) groups excluding carboxylic acids is 2. The average molecular weight is 392 g/mol. The number of carbonyl (C=O) groups is 2. The molecule has 0 saturated heterocycles. The molecule has 150 valence electrons. The van der Waals surface area contributed by atoms with E-state index in [0.717, 1.165) is 24.1 Å². The second-order valence-electron chi connectivity index (χ2n) is 6.74. The Hall–Kier alpha value is -3.61. The molecule has 7 nitrogen and oxygen atoms in total. The van der Waals surface area contributed by atoms with Crippen LogP contribution in [0.3, 0.4) is 0 Å². The number of rotatable bonds is 8. The highest BCUT2D eigenvalue weighted by atomic mass is 16.3. The molecule has 3 aromatic rings. The van der Waals surface area contributed by atoms with Crippen LogP contribution in [0.2, 0.25) is 0 Å². The van der Waals surface area contributed by atoms with Crippen LogP contribution in [0.1, 0.15) is 33.7 Å². The Morgan fingerprint density at radius 1 is 1.21 bits per heavy atom. The summed E-state index contributed by atoms with van der Waals surface area (Å²) in [4.78, 5) is 29.3. The minimum absolute atomic E-state index is 0.130. The van der Waals surface area contributed by atoms with Crippen LogP contribution in [0, 0.1) is 13.8 Å². The molecular formula is C22H24N4O3. The lowest BCUT2D eigenvalue weighted by Gasteiger charge is -2.12. The van der Waals surface area contributed by atoms with Crippen molar-refractivity contribution in [2.45, 2.75) is 26.8 Å². The van der Waals surface area contributed by atoms with Gasteiger partial charge in [-0.25, -0.2) is 4.98 Å². The standard InChI is InChI=1S/C22H24N4O3/c1-16-6-7-18(13-17(16)2)21(27)25-20(14-19-5-3-12-29-19)22(28)24-8-4-10-26-11-9-23-15-26/h3,5-7,9,11-15H,4,8,10H2,1-2H3,(H,24,28)(H,25,27). The third-order valence-corrected chi connectivity index (χ3v) is 4.53. The second kappa shape index (κ2) is 9.54. The Labute approximate surface area is 169 Å². The largest absolute Gasteiger partial charge is 0.465 e. The zero-order valence-corrected chi connectivity index (χ0v) is 16.5. The van der Waals surface area contributed by atoms with E-state index in [4.69, 9.17) is 4.42 Å². The monoisotopic (exact) mass is 392 g/mol. The van der Waals surface area contributed by atoms with Crippen LogP contribution in [0.15, 0.2) is 65.4 Å². The highest BCUT2D eigenvalue weighted by Crippen LogP contribution is 2.11. The fourth-order valence-electron chi connectivity index (χ4n) is 2.73. The third-order valence-electron chi connectivity index (χ3n) is 4.53. The maximum absolute atomic E-state index is 12.7. The fourth-order valence-corrected chi connectivity index (χ4v) is 2.73. The van der Waals surface area contributed by atoms with Gasteiger partial charge in [0, 0.05) is 37.1 Å². The molecule has 0 saturated carbocycles. The Kier molecular flexibility index (Phi) is 6.63. The Balaban J connectivity index is 1.66. The molecule has 0 spiro atoms. The van der Waals surface area contributed by atoms with Gasteiger partial charge in [-0.2, -0.15) is 0 Å². The number of nitrogens with one attached hydrogen (secondary N) is 2. The van der Waals surface area contributed by atoms with Crippen molar-refractivity contribution in [2.75, 3.05) is 6.54 Å². The lowest BCUT2D eigenvalue weighted by molar-refractivity contribution is -0.117. The van der Waals surface area contributed by atoms with Gasteiger partial charge >= 0.3 is 0 Å². The molecule has 1 aromatic carbocycles. The van der Waals surface area contributed by atoms with Crippen LogP contribution in [0.5, 0.6) is 0 Å². The van der Waals surface area contributed by atoms with Crippen molar-refractivity contribution < 1.29 is 14.0 Å². The smallest absolute Gasteiger partial charge is 0.267 e. The van der Waals surface area contributed by atoms with Crippen LogP contribution in [0.25, 0.3) is 6.08 Å². The number of nitrogens with zero attached hydrogens (tertiary/aromatic N) is 2. The van der Waals surface area contributed by atoms with Crippen LogP contribution in [-0.4, -0.2) is 27.9 Å². The summed E-state index contributed by atoms with van der Waals surface area (Å²) in [6, 6.07) is 8.87. The van der Waals surface area contributed by atoms with E-state index in [0.29, 0.717) is 17.9 Å². The Morgan fingerprint density at radius 3 is 2.76 bits per heavy atom. The summed E-state index contributed by atoms with van der Waals surface area (Å²) in [5.41, 5.74) is 2.74. The van der Waals surface area contributed by atoms with Crippen molar-refractivity contribution in [2.24, 2.45) is 0 Å². The van der Waals surface area contributed by atoms with Gasteiger partial charge in [0.1, 0.15) is 11.5 Å². The molecule has 0 bridgehead atoms. The fraction of sp³-hybridized carbons (Fsp3) is 0.227. The molecule has 7 heteroatoms.